The van der Waals surface area contributed by atoms with Crippen molar-refractivity contribution in [2.24, 2.45) is 29.6 Å². The van der Waals surface area contributed by atoms with E-state index in [9.17, 15) is 19.2 Å². The highest BCUT2D eigenvalue weighted by molar-refractivity contribution is 8.00. The van der Waals surface area contributed by atoms with Crippen LogP contribution >= 0.6 is 23.1 Å². The van der Waals surface area contributed by atoms with E-state index in [1.807, 2.05) is 74.5 Å². The summed E-state index contributed by atoms with van der Waals surface area (Å²) in [5, 5.41) is 3.77. The Morgan fingerprint density at radius 3 is 2.45 bits per heavy atom. The Bertz CT molecular complexity index is 1990. The van der Waals surface area contributed by atoms with Crippen LogP contribution in [-0.2, 0) is 14.4 Å². The first-order valence-corrected chi connectivity index (χ1v) is 17.4. The molecule has 1 aromatic heterocycles. The van der Waals surface area contributed by atoms with Crippen molar-refractivity contribution in [1.82, 2.24) is 4.98 Å². The molecule has 2 N–H and O–H groups in total. The largest absolute Gasteiger partial charge is 0.493 e. The van der Waals surface area contributed by atoms with Gasteiger partial charge in [-0.1, -0.05) is 47.2 Å². The second kappa shape index (κ2) is 11.4. The normalized spacial score (nSPS) is 27.0. The smallest absolute Gasteiger partial charge is 0.305 e. The molecule has 8 rings (SSSR count). The number of thiazole rings is 1. The van der Waals surface area contributed by atoms with Gasteiger partial charge in [0.15, 0.2) is 18.1 Å². The van der Waals surface area contributed by atoms with Gasteiger partial charge in [-0.3, -0.25) is 24.1 Å². The summed E-state index contributed by atoms with van der Waals surface area (Å²) in [6, 6.07) is 20.8. The van der Waals surface area contributed by atoms with Crippen molar-refractivity contribution in [3.8, 4) is 11.5 Å². The summed E-state index contributed by atoms with van der Waals surface area (Å²) in [4.78, 5) is 58.5. The van der Waals surface area contributed by atoms with Gasteiger partial charge >= 0.3 is 4.87 Å². The predicted octanol–water partition coefficient (Wildman–Crippen LogP) is 5.76. The molecule has 2 bridgehead atoms. The van der Waals surface area contributed by atoms with Crippen LogP contribution in [0.4, 0.5) is 11.4 Å². The molecular formula is C36H33N3O6S2. The summed E-state index contributed by atoms with van der Waals surface area (Å²) in [5.74, 6) is -0.429. The number of rotatable bonds is 7. The number of hydrogen-bond acceptors (Lipinski definition) is 8. The Morgan fingerprint density at radius 2 is 1.70 bits per heavy atom. The fourth-order valence-corrected chi connectivity index (χ4v) is 11.3. The Balaban J connectivity index is 1.09. The van der Waals surface area contributed by atoms with Crippen LogP contribution in [0.3, 0.4) is 0 Å². The van der Waals surface area contributed by atoms with E-state index < -0.39 is 0 Å². The number of ether oxygens (including phenoxy) is 2. The number of thioether (sulfide) groups is 1. The number of nitrogens with zero attached hydrogens (tertiary/aromatic N) is 1. The summed E-state index contributed by atoms with van der Waals surface area (Å²) >= 11 is 2.87. The summed E-state index contributed by atoms with van der Waals surface area (Å²) < 4.78 is 11.7. The lowest BCUT2D eigenvalue weighted by molar-refractivity contribution is -0.123. The Morgan fingerprint density at radius 1 is 0.936 bits per heavy atom. The molecule has 4 aromatic rings. The van der Waals surface area contributed by atoms with Crippen LogP contribution in [0.2, 0.25) is 0 Å². The number of amides is 3. The molecule has 3 fully saturated rings. The van der Waals surface area contributed by atoms with Crippen LogP contribution in [0.25, 0.3) is 0 Å². The van der Waals surface area contributed by atoms with E-state index in [1.54, 1.807) is 24.9 Å². The van der Waals surface area contributed by atoms with Crippen LogP contribution in [0.5, 0.6) is 11.5 Å². The molecule has 2 aliphatic carbocycles. The number of hydrogen-bond donors (Lipinski definition) is 2. The quantitative estimate of drug-likeness (QED) is 0.241. The summed E-state index contributed by atoms with van der Waals surface area (Å²) in [7, 11) is 1.56. The first-order chi connectivity index (χ1) is 22.7. The van der Waals surface area contributed by atoms with Crippen molar-refractivity contribution >= 4 is 52.2 Å². The number of H-pyrrole nitrogens is 1. The van der Waals surface area contributed by atoms with E-state index in [-0.39, 0.29) is 70.0 Å². The molecular weight excluding hydrogens is 635 g/mol. The number of carbonyl (C=O) groups is 3. The van der Waals surface area contributed by atoms with E-state index in [0.717, 1.165) is 33.0 Å². The van der Waals surface area contributed by atoms with Gasteiger partial charge in [-0.2, -0.15) is 0 Å². The molecule has 2 saturated carbocycles. The number of benzene rings is 3. The van der Waals surface area contributed by atoms with Crippen LogP contribution in [0.15, 0.2) is 76.6 Å². The maximum Gasteiger partial charge on any atom is 0.305 e. The van der Waals surface area contributed by atoms with Crippen LogP contribution in [0, 0.1) is 43.4 Å². The third-order valence-corrected chi connectivity index (χ3v) is 12.8. The van der Waals surface area contributed by atoms with Gasteiger partial charge in [0.2, 0.25) is 11.8 Å². The van der Waals surface area contributed by atoms with Gasteiger partial charge in [0.05, 0.1) is 29.7 Å². The topological polar surface area (TPSA) is 118 Å². The maximum absolute atomic E-state index is 14.0. The number of aromatic amines is 1. The molecule has 2 aliphatic heterocycles. The molecule has 3 heterocycles. The zero-order chi connectivity index (χ0) is 32.6. The molecule has 240 valence electrons. The fourth-order valence-electron chi connectivity index (χ4n) is 8.40. The van der Waals surface area contributed by atoms with Gasteiger partial charge in [0.1, 0.15) is 0 Å². The number of anilines is 2. The standard InChI is InChI=1S/C36H33N3O6S2/c1-17-7-10-21(11-8-17)39-34(41)29-22-15-23(30(29)35(39)42)31-28(22)27(32-33(46-31)38-36(43)47-32)19-9-12-24(25(14-19)44-3)45-16-26(40)37-20-6-4-5-18(2)13-20/h4-14,22-23,27-31H,15-16H2,1-3H3,(H,37,40)(H,38,43)/t22-,23-,27+,28-,29+,30+,31-/m1/s1. The van der Waals surface area contributed by atoms with E-state index in [0.29, 0.717) is 22.9 Å². The van der Waals surface area contributed by atoms with Crippen LogP contribution in [-0.4, -0.2) is 41.7 Å². The SMILES string of the molecule is COc1cc([C@@H]2c3sc(=O)[nH]c3S[C@@H]3[C@@H]4C[C@@H]([C@@H]5C(=O)N(c6ccc(C)cc6)C(=O)[C@@H]45)[C@H]23)ccc1OCC(=O)Nc1cccc(C)c1. The van der Waals surface area contributed by atoms with Crippen molar-refractivity contribution in [1.29, 1.82) is 0 Å². The molecule has 9 nitrogen and oxygen atoms in total. The molecule has 3 aromatic carbocycles. The zero-order valence-electron chi connectivity index (χ0n) is 26.0. The third-order valence-electron chi connectivity index (χ3n) is 10.2. The lowest BCUT2D eigenvalue weighted by atomic mass is 9.68. The Kier molecular flexibility index (Phi) is 7.29. The van der Waals surface area contributed by atoms with Crippen molar-refractivity contribution in [3.05, 3.63) is 98.0 Å². The van der Waals surface area contributed by atoms with Crippen LogP contribution < -0.4 is 24.6 Å². The first-order valence-electron chi connectivity index (χ1n) is 15.7. The number of aromatic nitrogens is 1. The third kappa shape index (κ3) is 4.90. The number of aryl methyl sites for hydroxylation is 2. The number of methoxy groups -OCH3 is 1. The van der Waals surface area contributed by atoms with Gasteiger partial charge in [-0.05, 0) is 85.5 Å². The average molecular weight is 668 g/mol. The zero-order valence-corrected chi connectivity index (χ0v) is 27.7. The van der Waals surface area contributed by atoms with Crippen molar-refractivity contribution in [2.45, 2.75) is 36.5 Å². The Labute approximate surface area is 279 Å². The minimum absolute atomic E-state index is 0.00279. The Hall–Kier alpha value is -4.35. The second-order valence-corrected chi connectivity index (χ2v) is 15.1. The van der Waals surface area contributed by atoms with Crippen LogP contribution in [0.1, 0.15) is 33.9 Å². The molecule has 3 amide bonds. The van der Waals surface area contributed by atoms with Gasteiger partial charge in [-0.25, -0.2) is 0 Å². The van der Waals surface area contributed by atoms with E-state index >= 15 is 0 Å². The number of imide groups is 1. The van der Waals surface area contributed by atoms with Crippen molar-refractivity contribution in [2.75, 3.05) is 23.9 Å². The first kappa shape index (κ1) is 30.0. The number of fused-ring (bicyclic) bond motifs is 9. The van der Waals surface area contributed by atoms with Gasteiger partial charge in [-0.15, -0.1) is 11.8 Å². The van der Waals surface area contributed by atoms with E-state index in [4.69, 9.17) is 9.47 Å². The summed E-state index contributed by atoms with van der Waals surface area (Å²) in [6.45, 7) is 3.74. The van der Waals surface area contributed by atoms with Gasteiger partial charge in [0.25, 0.3) is 5.91 Å². The molecule has 0 radical (unpaired) electrons. The maximum atomic E-state index is 14.0. The fraction of sp³-hybridized carbons (Fsp3) is 0.333. The molecule has 0 unspecified atom stereocenters. The second-order valence-electron chi connectivity index (χ2n) is 12.9. The monoisotopic (exact) mass is 667 g/mol. The van der Waals surface area contributed by atoms with E-state index in [1.165, 1.54) is 16.2 Å². The molecule has 11 heteroatoms. The number of nitrogens with one attached hydrogen (secondary N) is 2. The minimum atomic E-state index is -0.383. The van der Waals surface area contributed by atoms with E-state index in [2.05, 4.69) is 10.3 Å². The molecule has 0 spiro atoms. The molecule has 1 saturated heterocycles. The van der Waals surface area contributed by atoms with Gasteiger partial charge in [0, 0.05) is 21.7 Å². The summed E-state index contributed by atoms with van der Waals surface area (Å²) in [5.41, 5.74) is 4.38. The minimum Gasteiger partial charge on any atom is -0.493 e. The predicted molar refractivity (Wildman–Crippen MR) is 180 cm³/mol. The lowest BCUT2D eigenvalue weighted by Gasteiger charge is -2.43. The average Bonchev–Trinajstić information content (AvgIpc) is 3.79. The highest BCUT2D eigenvalue weighted by atomic mass is 32.2. The number of carbonyl (C=O) groups excluding carboxylic acids is 3. The van der Waals surface area contributed by atoms with Crippen molar-refractivity contribution in [3.63, 3.8) is 0 Å². The molecule has 47 heavy (non-hydrogen) atoms. The highest BCUT2D eigenvalue weighted by Gasteiger charge is 2.69. The molecule has 7 atom stereocenters. The lowest BCUT2D eigenvalue weighted by Crippen LogP contribution is -2.42. The summed E-state index contributed by atoms with van der Waals surface area (Å²) in [6.07, 6.45) is 0.806. The molecule has 4 aliphatic rings. The van der Waals surface area contributed by atoms with Crippen molar-refractivity contribution < 1.29 is 23.9 Å². The highest BCUT2D eigenvalue weighted by Crippen LogP contribution is 2.68. The van der Waals surface area contributed by atoms with Gasteiger partial charge < -0.3 is 19.8 Å².